The number of amides is 2. The summed E-state index contributed by atoms with van der Waals surface area (Å²) in [5.74, 6) is 0.470. The van der Waals surface area contributed by atoms with Gasteiger partial charge in [0.1, 0.15) is 5.75 Å². The molecule has 0 radical (unpaired) electrons. The molecule has 5 heteroatoms. The van der Waals surface area contributed by atoms with Crippen LogP contribution in [0.4, 0.5) is 5.69 Å². The zero-order valence-corrected chi connectivity index (χ0v) is 15.7. The van der Waals surface area contributed by atoms with Gasteiger partial charge in [-0.1, -0.05) is 25.0 Å². The summed E-state index contributed by atoms with van der Waals surface area (Å²) in [6.45, 7) is 4.06. The van der Waals surface area contributed by atoms with E-state index in [9.17, 15) is 9.59 Å². The van der Waals surface area contributed by atoms with Gasteiger partial charge in [0.25, 0.3) is 11.8 Å². The smallest absolute Gasteiger partial charge is 0.255 e. The summed E-state index contributed by atoms with van der Waals surface area (Å²) >= 11 is 0. The number of nitrogens with one attached hydrogen (secondary N) is 1. The molecule has 27 heavy (non-hydrogen) atoms. The van der Waals surface area contributed by atoms with Crippen molar-refractivity contribution in [2.24, 2.45) is 0 Å². The Kier molecular flexibility index (Phi) is 6.47. The van der Waals surface area contributed by atoms with Crippen molar-refractivity contribution in [3.8, 4) is 5.75 Å². The highest BCUT2D eigenvalue weighted by molar-refractivity contribution is 6.05. The molecule has 0 aliphatic carbocycles. The first-order valence-corrected chi connectivity index (χ1v) is 9.61. The van der Waals surface area contributed by atoms with Gasteiger partial charge in [0.2, 0.25) is 0 Å². The summed E-state index contributed by atoms with van der Waals surface area (Å²) in [5.41, 5.74) is 1.74. The van der Waals surface area contributed by atoms with E-state index >= 15 is 0 Å². The SMILES string of the molecule is CCOc1cccc(C(=O)Nc2cccc(C(=O)N3CCCCCC3)c2)c1. The second-order valence-corrected chi connectivity index (χ2v) is 6.70. The molecular formula is C22H26N2O3. The molecule has 0 spiro atoms. The van der Waals surface area contributed by atoms with Crippen molar-refractivity contribution in [2.45, 2.75) is 32.6 Å². The Morgan fingerprint density at radius 1 is 0.963 bits per heavy atom. The molecule has 0 atom stereocenters. The van der Waals surface area contributed by atoms with Crippen molar-refractivity contribution in [1.29, 1.82) is 0 Å². The van der Waals surface area contributed by atoms with Crippen LogP contribution in [0.25, 0.3) is 0 Å². The van der Waals surface area contributed by atoms with Crippen molar-refractivity contribution in [3.63, 3.8) is 0 Å². The lowest BCUT2D eigenvalue weighted by atomic mass is 10.1. The normalized spacial score (nSPS) is 14.3. The summed E-state index contributed by atoms with van der Waals surface area (Å²) in [4.78, 5) is 27.2. The monoisotopic (exact) mass is 366 g/mol. The van der Waals surface area contributed by atoms with Gasteiger partial charge in [0.15, 0.2) is 0 Å². The van der Waals surface area contributed by atoms with Crippen LogP contribution in [0.5, 0.6) is 5.75 Å². The van der Waals surface area contributed by atoms with Crippen LogP contribution in [0.2, 0.25) is 0 Å². The zero-order valence-electron chi connectivity index (χ0n) is 15.7. The largest absolute Gasteiger partial charge is 0.494 e. The fourth-order valence-electron chi connectivity index (χ4n) is 3.28. The van der Waals surface area contributed by atoms with Crippen molar-refractivity contribution in [1.82, 2.24) is 4.90 Å². The maximum Gasteiger partial charge on any atom is 0.255 e. The number of hydrogen-bond acceptors (Lipinski definition) is 3. The minimum absolute atomic E-state index is 0.0337. The average molecular weight is 366 g/mol. The van der Waals surface area contributed by atoms with E-state index < -0.39 is 0 Å². The van der Waals surface area contributed by atoms with Gasteiger partial charge in [-0.15, -0.1) is 0 Å². The quantitative estimate of drug-likeness (QED) is 0.856. The van der Waals surface area contributed by atoms with Gasteiger partial charge in [-0.25, -0.2) is 0 Å². The standard InChI is InChI=1S/C22H26N2O3/c1-2-27-20-12-8-9-17(16-20)21(25)23-19-11-7-10-18(15-19)22(26)24-13-5-3-4-6-14-24/h7-12,15-16H,2-6,13-14H2,1H3,(H,23,25). The van der Waals surface area contributed by atoms with E-state index in [1.165, 1.54) is 12.8 Å². The number of hydrogen-bond donors (Lipinski definition) is 1. The number of rotatable bonds is 5. The number of nitrogens with zero attached hydrogens (tertiary/aromatic N) is 1. The molecule has 2 aromatic rings. The molecule has 5 nitrogen and oxygen atoms in total. The van der Waals surface area contributed by atoms with Crippen molar-refractivity contribution in [3.05, 3.63) is 59.7 Å². The van der Waals surface area contributed by atoms with Crippen molar-refractivity contribution >= 4 is 17.5 Å². The van der Waals surface area contributed by atoms with Gasteiger partial charge in [0, 0.05) is 29.9 Å². The molecule has 0 bridgehead atoms. The first-order chi connectivity index (χ1) is 13.2. The minimum Gasteiger partial charge on any atom is -0.494 e. The highest BCUT2D eigenvalue weighted by atomic mass is 16.5. The van der Waals surface area contributed by atoms with Gasteiger partial charge in [-0.2, -0.15) is 0 Å². The summed E-state index contributed by atoms with van der Waals surface area (Å²) in [6, 6.07) is 14.2. The van der Waals surface area contributed by atoms with Gasteiger partial charge >= 0.3 is 0 Å². The van der Waals surface area contributed by atoms with Crippen molar-refractivity contribution in [2.75, 3.05) is 25.0 Å². The van der Waals surface area contributed by atoms with Gasteiger partial charge < -0.3 is 15.0 Å². The van der Waals surface area contributed by atoms with E-state index in [4.69, 9.17) is 4.74 Å². The Morgan fingerprint density at radius 3 is 2.41 bits per heavy atom. The lowest BCUT2D eigenvalue weighted by Gasteiger charge is -2.20. The van der Waals surface area contributed by atoms with Crippen LogP contribution >= 0.6 is 0 Å². The van der Waals surface area contributed by atoms with Crippen LogP contribution in [-0.4, -0.2) is 36.4 Å². The maximum atomic E-state index is 12.8. The third-order valence-electron chi connectivity index (χ3n) is 4.67. The van der Waals surface area contributed by atoms with E-state index in [1.54, 1.807) is 42.5 Å². The first kappa shape index (κ1) is 19.0. The first-order valence-electron chi connectivity index (χ1n) is 9.61. The van der Waals surface area contributed by atoms with Gasteiger partial charge in [-0.3, -0.25) is 9.59 Å². The Morgan fingerprint density at radius 2 is 1.67 bits per heavy atom. The number of carbonyl (C=O) groups excluding carboxylic acids is 2. The van der Waals surface area contributed by atoms with Gasteiger partial charge in [0.05, 0.1) is 6.61 Å². The predicted octanol–water partition coefficient (Wildman–Crippen LogP) is 4.35. The summed E-state index contributed by atoms with van der Waals surface area (Å²) in [6.07, 6.45) is 4.47. The lowest BCUT2D eigenvalue weighted by molar-refractivity contribution is 0.0761. The molecule has 1 fully saturated rings. The predicted molar refractivity (Wildman–Crippen MR) is 106 cm³/mol. The highest BCUT2D eigenvalue weighted by Gasteiger charge is 2.18. The molecule has 1 heterocycles. The molecule has 0 aromatic heterocycles. The minimum atomic E-state index is -0.226. The van der Waals surface area contributed by atoms with E-state index in [-0.39, 0.29) is 11.8 Å². The van der Waals surface area contributed by atoms with Crippen LogP contribution in [0.3, 0.4) is 0 Å². The second-order valence-electron chi connectivity index (χ2n) is 6.70. The Bertz CT molecular complexity index is 796. The molecule has 3 rings (SSSR count). The van der Waals surface area contributed by atoms with Crippen LogP contribution < -0.4 is 10.1 Å². The second kappa shape index (κ2) is 9.21. The number of ether oxygens (including phenoxy) is 1. The number of carbonyl (C=O) groups is 2. The Hall–Kier alpha value is -2.82. The molecule has 1 aliphatic rings. The fraction of sp³-hybridized carbons (Fsp3) is 0.364. The fourth-order valence-corrected chi connectivity index (χ4v) is 3.28. The molecule has 1 aliphatic heterocycles. The maximum absolute atomic E-state index is 12.8. The molecule has 2 amide bonds. The van der Waals surface area contributed by atoms with Crippen LogP contribution in [-0.2, 0) is 0 Å². The number of likely N-dealkylation sites (tertiary alicyclic amines) is 1. The molecular weight excluding hydrogens is 340 g/mol. The molecule has 142 valence electrons. The Labute approximate surface area is 160 Å². The molecule has 0 saturated carbocycles. The summed E-state index contributed by atoms with van der Waals surface area (Å²) < 4.78 is 5.44. The molecule has 1 N–H and O–H groups in total. The van der Waals surface area contributed by atoms with Crippen LogP contribution in [0.1, 0.15) is 53.3 Å². The van der Waals surface area contributed by atoms with E-state index in [0.29, 0.717) is 29.2 Å². The van der Waals surface area contributed by atoms with E-state index in [2.05, 4.69) is 5.32 Å². The van der Waals surface area contributed by atoms with Crippen molar-refractivity contribution < 1.29 is 14.3 Å². The third kappa shape index (κ3) is 5.09. The van der Waals surface area contributed by atoms with Gasteiger partial charge in [-0.05, 0) is 56.2 Å². The molecule has 2 aromatic carbocycles. The number of benzene rings is 2. The average Bonchev–Trinajstić information content (AvgIpc) is 2.97. The molecule has 0 unspecified atom stereocenters. The third-order valence-corrected chi connectivity index (χ3v) is 4.67. The Balaban J connectivity index is 1.70. The summed E-state index contributed by atoms with van der Waals surface area (Å²) in [7, 11) is 0. The lowest BCUT2D eigenvalue weighted by Crippen LogP contribution is -2.31. The van der Waals surface area contributed by atoms with Crippen LogP contribution in [0.15, 0.2) is 48.5 Å². The number of anilines is 1. The van der Waals surface area contributed by atoms with Crippen LogP contribution in [0, 0.1) is 0 Å². The highest BCUT2D eigenvalue weighted by Crippen LogP contribution is 2.18. The topological polar surface area (TPSA) is 58.6 Å². The summed E-state index contributed by atoms with van der Waals surface area (Å²) in [5, 5.41) is 2.87. The zero-order chi connectivity index (χ0) is 19.1. The molecule has 1 saturated heterocycles. The van der Waals surface area contributed by atoms with E-state index in [1.807, 2.05) is 17.9 Å². The van der Waals surface area contributed by atoms with E-state index in [0.717, 1.165) is 25.9 Å².